The first-order chi connectivity index (χ1) is 4.86. The molecule has 72 valence electrons. The van der Waals surface area contributed by atoms with Gasteiger partial charge in [-0.1, -0.05) is 0 Å². The van der Waals surface area contributed by atoms with E-state index in [0.717, 1.165) is 0 Å². The molecule has 0 aromatic rings. The molecular formula is C4H10N2O6. The van der Waals surface area contributed by atoms with Gasteiger partial charge in [0.2, 0.25) is 0 Å². The molecule has 0 aromatic heterocycles. The van der Waals surface area contributed by atoms with E-state index in [1.165, 1.54) is 13.8 Å². The summed E-state index contributed by atoms with van der Waals surface area (Å²) in [5, 5.41) is 13.6. The van der Waals surface area contributed by atoms with Gasteiger partial charge < -0.3 is 16.1 Å². The normalized spacial score (nSPS) is 6.50. The largest absolute Gasteiger partial charge is 0.394 e. The summed E-state index contributed by atoms with van der Waals surface area (Å²) in [5.41, 5.74) is 0. The molecule has 0 fully saturated rings. The Hall–Kier alpha value is -1.70. The van der Waals surface area contributed by atoms with Gasteiger partial charge in [0.15, 0.2) is 0 Å². The van der Waals surface area contributed by atoms with Crippen LogP contribution in [0.5, 0.6) is 0 Å². The molecule has 0 atom stereocenters. The van der Waals surface area contributed by atoms with Gasteiger partial charge in [0, 0.05) is 13.8 Å². The van der Waals surface area contributed by atoms with Crippen LogP contribution in [-0.2, 0) is 14.3 Å². The molecule has 0 rings (SSSR count). The zero-order valence-electron chi connectivity index (χ0n) is 6.64. The van der Waals surface area contributed by atoms with Crippen molar-refractivity contribution in [3.8, 4) is 0 Å². The van der Waals surface area contributed by atoms with Crippen LogP contribution < -0.4 is 6.15 Å². The highest BCUT2D eigenvalue weighted by atomic mass is 16.9. The highest BCUT2D eigenvalue weighted by molar-refractivity contribution is 5.82. The van der Waals surface area contributed by atoms with Crippen molar-refractivity contribution in [1.82, 2.24) is 6.15 Å². The zero-order valence-corrected chi connectivity index (χ0v) is 6.64. The third-order valence-corrected chi connectivity index (χ3v) is 0.287. The third kappa shape index (κ3) is 83.6. The summed E-state index contributed by atoms with van der Waals surface area (Å²) in [6.45, 7) is 2.36. The molecule has 12 heavy (non-hydrogen) atoms. The van der Waals surface area contributed by atoms with Crippen LogP contribution >= 0.6 is 0 Å². The average Bonchev–Trinajstić information content (AvgIpc) is 1.56. The van der Waals surface area contributed by atoms with E-state index in [2.05, 4.69) is 4.74 Å². The van der Waals surface area contributed by atoms with Crippen molar-refractivity contribution in [3.63, 3.8) is 0 Å². The van der Waals surface area contributed by atoms with E-state index in [1.807, 2.05) is 0 Å². The molecule has 0 aliphatic carbocycles. The minimum absolute atomic E-state index is 0. The Morgan fingerprint density at radius 3 is 1.50 bits per heavy atom. The van der Waals surface area contributed by atoms with Gasteiger partial charge in [0.25, 0.3) is 5.09 Å². The molecule has 4 N–H and O–H groups in total. The Kier molecular flexibility index (Phi) is 13.0. The van der Waals surface area contributed by atoms with E-state index >= 15 is 0 Å². The fourth-order valence-electron chi connectivity index (χ4n) is 0.202. The predicted molar refractivity (Wildman–Crippen MR) is 36.2 cm³/mol. The maximum absolute atomic E-state index is 9.81. The Bertz CT molecular complexity index is 151. The third-order valence-electron chi connectivity index (χ3n) is 0.287. The summed E-state index contributed by atoms with van der Waals surface area (Å²) >= 11 is 0. The van der Waals surface area contributed by atoms with E-state index in [-0.39, 0.29) is 6.15 Å². The van der Waals surface area contributed by atoms with Crippen LogP contribution in [0.1, 0.15) is 13.8 Å². The number of hydrogen-bond donors (Lipinski definition) is 2. The summed E-state index contributed by atoms with van der Waals surface area (Å²) in [6.07, 6.45) is 0. The molecule has 0 unspecified atom stereocenters. The van der Waals surface area contributed by atoms with Gasteiger partial charge >= 0.3 is 11.9 Å². The highest BCUT2D eigenvalue weighted by Crippen LogP contribution is 1.73. The molecule has 0 bridgehead atoms. The van der Waals surface area contributed by atoms with Gasteiger partial charge in [-0.3, -0.25) is 9.59 Å². The molecular weight excluding hydrogens is 172 g/mol. The Balaban J connectivity index is -0.000000142. The lowest BCUT2D eigenvalue weighted by Gasteiger charge is -1.87. The number of esters is 2. The molecule has 0 aliphatic rings. The zero-order chi connectivity index (χ0) is 9.44. The molecule has 0 amide bonds. The lowest BCUT2D eigenvalue weighted by Crippen LogP contribution is -2.03. The first-order valence-electron chi connectivity index (χ1n) is 2.38. The molecule has 0 heterocycles. The molecule has 0 aromatic carbocycles. The van der Waals surface area contributed by atoms with Crippen LogP contribution in [-0.4, -0.2) is 22.2 Å². The number of hydrogen-bond acceptors (Lipinski definition) is 6. The first-order valence-corrected chi connectivity index (χ1v) is 2.38. The van der Waals surface area contributed by atoms with E-state index in [4.69, 9.17) is 15.3 Å². The van der Waals surface area contributed by atoms with Crippen molar-refractivity contribution >= 4 is 11.9 Å². The maximum atomic E-state index is 9.81. The van der Waals surface area contributed by atoms with Crippen molar-refractivity contribution in [2.75, 3.05) is 0 Å². The maximum Gasteiger partial charge on any atom is 0.310 e. The monoisotopic (exact) mass is 182 g/mol. The van der Waals surface area contributed by atoms with Crippen molar-refractivity contribution in [1.29, 1.82) is 0 Å². The highest BCUT2D eigenvalue weighted by Gasteiger charge is 1.93. The average molecular weight is 182 g/mol. The second-order valence-corrected chi connectivity index (χ2v) is 1.32. The summed E-state index contributed by atoms with van der Waals surface area (Å²) in [4.78, 5) is 28.0. The van der Waals surface area contributed by atoms with Crippen LogP contribution in [0.3, 0.4) is 0 Å². The van der Waals surface area contributed by atoms with Crippen molar-refractivity contribution < 1.29 is 24.6 Å². The van der Waals surface area contributed by atoms with E-state index in [9.17, 15) is 9.59 Å². The number of carbonyl (C=O) groups excluding carboxylic acids is 2. The van der Waals surface area contributed by atoms with Gasteiger partial charge in [-0.25, -0.2) is 0 Å². The van der Waals surface area contributed by atoms with Crippen LogP contribution in [0.15, 0.2) is 0 Å². The molecule has 0 aliphatic heterocycles. The minimum Gasteiger partial charge on any atom is -0.394 e. The molecule has 8 heteroatoms. The Labute approximate surface area is 67.8 Å². The lowest BCUT2D eigenvalue weighted by molar-refractivity contribution is -0.742. The van der Waals surface area contributed by atoms with E-state index < -0.39 is 17.0 Å². The van der Waals surface area contributed by atoms with Gasteiger partial charge in [0.05, 0.1) is 0 Å². The van der Waals surface area contributed by atoms with Gasteiger partial charge in [-0.2, -0.15) is 0 Å². The molecule has 0 saturated carbocycles. The topological polar surface area (TPSA) is 142 Å². The smallest absolute Gasteiger partial charge is 0.310 e. The van der Waals surface area contributed by atoms with Gasteiger partial charge in [-0.05, 0) is 0 Å². The summed E-state index contributed by atoms with van der Waals surface area (Å²) in [5.74, 6) is -1.12. The SMILES string of the molecule is CC(=O)OC(C)=O.N.O=[N+]([O-])O. The van der Waals surface area contributed by atoms with E-state index in [1.54, 1.807) is 0 Å². The second kappa shape index (κ2) is 9.30. The quantitative estimate of drug-likeness (QED) is 0.230. The number of carbonyl (C=O) groups is 2. The van der Waals surface area contributed by atoms with Crippen LogP contribution in [0.2, 0.25) is 0 Å². The Morgan fingerprint density at radius 1 is 1.33 bits per heavy atom. The number of rotatable bonds is 0. The first kappa shape index (κ1) is 16.7. The fourth-order valence-corrected chi connectivity index (χ4v) is 0.202. The van der Waals surface area contributed by atoms with Gasteiger partial charge in [0.1, 0.15) is 0 Å². The van der Waals surface area contributed by atoms with Crippen molar-refractivity contribution in [2.45, 2.75) is 13.8 Å². The lowest BCUT2D eigenvalue weighted by atomic mass is 10.7. The predicted octanol–water partition coefficient (Wildman–Crippen LogP) is -0.0897. The van der Waals surface area contributed by atoms with Gasteiger partial charge in [-0.15, -0.1) is 10.1 Å². The summed E-state index contributed by atoms with van der Waals surface area (Å²) in [7, 11) is 0. The molecule has 0 spiro atoms. The van der Waals surface area contributed by atoms with Crippen LogP contribution in [0, 0.1) is 10.1 Å². The fraction of sp³-hybridized carbons (Fsp3) is 0.500. The van der Waals surface area contributed by atoms with Crippen LogP contribution in [0.4, 0.5) is 0 Å². The number of nitrogens with zero attached hydrogens (tertiary/aromatic N) is 1. The number of ether oxygens (including phenoxy) is 1. The Morgan fingerprint density at radius 2 is 1.50 bits per heavy atom. The summed E-state index contributed by atoms with van der Waals surface area (Å²) in [6, 6.07) is 0. The van der Waals surface area contributed by atoms with Crippen molar-refractivity contribution in [2.24, 2.45) is 0 Å². The van der Waals surface area contributed by atoms with E-state index in [0.29, 0.717) is 0 Å². The van der Waals surface area contributed by atoms with Crippen molar-refractivity contribution in [3.05, 3.63) is 10.1 Å². The molecule has 0 radical (unpaired) electrons. The molecule has 8 nitrogen and oxygen atoms in total. The standard InChI is InChI=1S/C4H6O3.HNO3.H3N/c1-3(5)7-4(2)6;2-1(3)4;/h1-2H3;(H,2,3,4);1H3. The minimum atomic E-state index is -1.50. The molecule has 0 saturated heterocycles. The second-order valence-electron chi connectivity index (χ2n) is 1.32. The summed E-state index contributed by atoms with van der Waals surface area (Å²) < 4.78 is 3.97. The van der Waals surface area contributed by atoms with Crippen LogP contribution in [0.25, 0.3) is 0 Å².